The van der Waals surface area contributed by atoms with Crippen LogP contribution in [0.3, 0.4) is 0 Å². The number of benzene rings is 1. The normalized spacial score (nSPS) is 11.1. The van der Waals surface area contributed by atoms with Gasteiger partial charge in [0.25, 0.3) is 5.91 Å². The van der Waals surface area contributed by atoms with Gasteiger partial charge in [-0.1, -0.05) is 12.1 Å². The van der Waals surface area contributed by atoms with E-state index in [9.17, 15) is 4.79 Å². The van der Waals surface area contributed by atoms with Gasteiger partial charge in [0.15, 0.2) is 0 Å². The summed E-state index contributed by atoms with van der Waals surface area (Å²) in [6, 6.07) is 9.49. The lowest BCUT2D eigenvalue weighted by Gasteiger charge is -2.21. The van der Waals surface area contributed by atoms with E-state index in [4.69, 9.17) is 4.74 Å². The van der Waals surface area contributed by atoms with E-state index in [-0.39, 0.29) is 11.4 Å². The summed E-state index contributed by atoms with van der Waals surface area (Å²) in [5, 5.41) is 6.17. The van der Waals surface area contributed by atoms with E-state index >= 15 is 0 Å². The van der Waals surface area contributed by atoms with E-state index in [0.29, 0.717) is 23.9 Å². The standard InChI is InChI=1S/C19H26N4O2/c1-13-21-16(12-17(22-13)23-19(2,3)4)18(24)20-10-9-14-7-6-8-15(11-14)25-5/h6-8,11-12H,9-10H2,1-5H3,(H,20,24)(H,21,22,23). The van der Waals surface area contributed by atoms with E-state index in [1.807, 2.05) is 45.0 Å². The Labute approximate surface area is 149 Å². The Morgan fingerprint density at radius 2 is 1.96 bits per heavy atom. The maximum absolute atomic E-state index is 12.4. The topological polar surface area (TPSA) is 76.1 Å². The number of carbonyl (C=O) groups is 1. The third-order valence-electron chi connectivity index (χ3n) is 3.41. The second-order valence-corrected chi connectivity index (χ2v) is 6.92. The molecule has 1 aromatic heterocycles. The summed E-state index contributed by atoms with van der Waals surface area (Å²) in [6.07, 6.45) is 0.722. The summed E-state index contributed by atoms with van der Waals surface area (Å²) < 4.78 is 5.21. The molecule has 0 aliphatic rings. The maximum Gasteiger partial charge on any atom is 0.270 e. The van der Waals surface area contributed by atoms with Gasteiger partial charge >= 0.3 is 0 Å². The molecule has 0 aliphatic heterocycles. The van der Waals surface area contributed by atoms with E-state index in [1.54, 1.807) is 20.1 Å². The van der Waals surface area contributed by atoms with Crippen LogP contribution in [0.5, 0.6) is 5.75 Å². The number of aryl methyl sites for hydroxylation is 1. The average molecular weight is 342 g/mol. The van der Waals surface area contributed by atoms with E-state index in [2.05, 4.69) is 20.6 Å². The van der Waals surface area contributed by atoms with Crippen LogP contribution in [-0.2, 0) is 6.42 Å². The fraction of sp³-hybridized carbons (Fsp3) is 0.421. The summed E-state index contributed by atoms with van der Waals surface area (Å²) in [5.41, 5.74) is 1.33. The first-order valence-electron chi connectivity index (χ1n) is 8.32. The molecule has 0 radical (unpaired) electrons. The minimum atomic E-state index is -0.203. The van der Waals surface area contributed by atoms with Crippen molar-refractivity contribution in [1.29, 1.82) is 0 Å². The van der Waals surface area contributed by atoms with Gasteiger partial charge in [0, 0.05) is 18.2 Å². The van der Waals surface area contributed by atoms with Gasteiger partial charge in [-0.15, -0.1) is 0 Å². The lowest BCUT2D eigenvalue weighted by atomic mass is 10.1. The number of anilines is 1. The maximum atomic E-state index is 12.4. The molecule has 134 valence electrons. The Bertz CT molecular complexity index is 738. The highest BCUT2D eigenvalue weighted by atomic mass is 16.5. The van der Waals surface area contributed by atoms with Crippen molar-refractivity contribution >= 4 is 11.7 Å². The van der Waals surface area contributed by atoms with E-state index in [1.165, 1.54) is 0 Å². The molecular formula is C19H26N4O2. The number of carbonyl (C=O) groups excluding carboxylic acids is 1. The molecular weight excluding hydrogens is 316 g/mol. The molecule has 0 unspecified atom stereocenters. The molecule has 2 aromatic rings. The molecule has 6 nitrogen and oxygen atoms in total. The number of hydrogen-bond acceptors (Lipinski definition) is 5. The molecule has 2 N–H and O–H groups in total. The quantitative estimate of drug-likeness (QED) is 0.844. The Morgan fingerprint density at radius 1 is 1.20 bits per heavy atom. The van der Waals surface area contributed by atoms with E-state index in [0.717, 1.165) is 17.7 Å². The summed E-state index contributed by atoms with van der Waals surface area (Å²) in [5.74, 6) is 1.82. The smallest absolute Gasteiger partial charge is 0.270 e. The molecule has 1 amide bonds. The predicted octanol–water partition coefficient (Wildman–Crippen LogP) is 2.98. The molecule has 6 heteroatoms. The van der Waals surface area contributed by atoms with Gasteiger partial charge < -0.3 is 15.4 Å². The first kappa shape index (κ1) is 18.7. The van der Waals surface area contributed by atoms with Crippen molar-refractivity contribution in [1.82, 2.24) is 15.3 Å². The van der Waals surface area contributed by atoms with Crippen molar-refractivity contribution in [2.75, 3.05) is 19.0 Å². The van der Waals surface area contributed by atoms with Gasteiger partial charge in [0.2, 0.25) is 0 Å². The second kappa shape index (κ2) is 7.96. The highest BCUT2D eigenvalue weighted by Gasteiger charge is 2.14. The number of aromatic nitrogens is 2. The zero-order valence-electron chi connectivity index (χ0n) is 15.5. The number of nitrogens with one attached hydrogen (secondary N) is 2. The zero-order valence-corrected chi connectivity index (χ0v) is 15.5. The summed E-state index contributed by atoms with van der Waals surface area (Å²) in [6.45, 7) is 8.42. The molecule has 0 fully saturated rings. The van der Waals surface area contributed by atoms with Gasteiger partial charge in [0.1, 0.15) is 23.1 Å². The molecule has 25 heavy (non-hydrogen) atoms. The van der Waals surface area contributed by atoms with Crippen molar-refractivity contribution in [3.63, 3.8) is 0 Å². The first-order valence-corrected chi connectivity index (χ1v) is 8.32. The summed E-state index contributed by atoms with van der Waals surface area (Å²) in [4.78, 5) is 20.9. The third-order valence-corrected chi connectivity index (χ3v) is 3.41. The lowest BCUT2D eigenvalue weighted by molar-refractivity contribution is 0.0948. The molecule has 1 aromatic carbocycles. The minimum absolute atomic E-state index is 0.138. The molecule has 0 spiro atoms. The van der Waals surface area contributed by atoms with Gasteiger partial charge in [0.05, 0.1) is 7.11 Å². The first-order chi connectivity index (χ1) is 11.8. The molecule has 0 bridgehead atoms. The van der Waals surface area contributed by atoms with Crippen LogP contribution in [0, 0.1) is 6.92 Å². The lowest BCUT2D eigenvalue weighted by Crippen LogP contribution is -2.29. The van der Waals surface area contributed by atoms with Crippen molar-refractivity contribution in [2.24, 2.45) is 0 Å². The number of hydrogen-bond donors (Lipinski definition) is 2. The van der Waals surface area contributed by atoms with Crippen LogP contribution in [-0.4, -0.2) is 35.1 Å². The number of methoxy groups -OCH3 is 1. The minimum Gasteiger partial charge on any atom is -0.497 e. The number of rotatable bonds is 6. The van der Waals surface area contributed by atoms with Gasteiger partial charge in [-0.05, 0) is 51.8 Å². The molecule has 0 saturated heterocycles. The van der Waals surface area contributed by atoms with Crippen molar-refractivity contribution in [3.8, 4) is 5.75 Å². The van der Waals surface area contributed by atoms with Crippen LogP contribution >= 0.6 is 0 Å². The van der Waals surface area contributed by atoms with Crippen LogP contribution < -0.4 is 15.4 Å². The average Bonchev–Trinajstić information content (AvgIpc) is 2.52. The molecule has 0 atom stereocenters. The van der Waals surface area contributed by atoms with Crippen molar-refractivity contribution in [3.05, 3.63) is 47.4 Å². The Balaban J connectivity index is 1.98. The Hall–Kier alpha value is -2.63. The number of nitrogens with zero attached hydrogens (tertiary/aromatic N) is 2. The highest BCUT2D eigenvalue weighted by Crippen LogP contribution is 2.14. The number of amides is 1. The van der Waals surface area contributed by atoms with Gasteiger partial charge in [-0.25, -0.2) is 9.97 Å². The summed E-state index contributed by atoms with van der Waals surface area (Å²) >= 11 is 0. The predicted molar refractivity (Wildman–Crippen MR) is 99.2 cm³/mol. The van der Waals surface area contributed by atoms with Gasteiger partial charge in [-0.2, -0.15) is 0 Å². The largest absolute Gasteiger partial charge is 0.497 e. The van der Waals surface area contributed by atoms with Crippen LogP contribution in [0.4, 0.5) is 5.82 Å². The van der Waals surface area contributed by atoms with Crippen molar-refractivity contribution < 1.29 is 9.53 Å². The van der Waals surface area contributed by atoms with Gasteiger partial charge in [-0.3, -0.25) is 4.79 Å². The molecule has 0 saturated carbocycles. The van der Waals surface area contributed by atoms with Crippen molar-refractivity contribution in [2.45, 2.75) is 39.7 Å². The monoisotopic (exact) mass is 342 g/mol. The zero-order chi connectivity index (χ0) is 18.4. The molecule has 2 rings (SSSR count). The Kier molecular flexibility index (Phi) is 5.96. The highest BCUT2D eigenvalue weighted by molar-refractivity contribution is 5.92. The number of ether oxygens (including phenoxy) is 1. The van der Waals surface area contributed by atoms with E-state index < -0.39 is 0 Å². The van der Waals surface area contributed by atoms with Crippen LogP contribution in [0.25, 0.3) is 0 Å². The fourth-order valence-corrected chi connectivity index (χ4v) is 2.37. The second-order valence-electron chi connectivity index (χ2n) is 6.92. The SMILES string of the molecule is COc1cccc(CCNC(=O)c2cc(NC(C)(C)C)nc(C)n2)c1. The fourth-order valence-electron chi connectivity index (χ4n) is 2.37. The molecule has 0 aliphatic carbocycles. The van der Waals surface area contributed by atoms with Crippen LogP contribution in [0.1, 0.15) is 42.6 Å². The van der Waals surface area contributed by atoms with Crippen LogP contribution in [0.15, 0.2) is 30.3 Å². The Morgan fingerprint density at radius 3 is 2.64 bits per heavy atom. The third kappa shape index (κ3) is 6.06. The molecule has 1 heterocycles. The summed E-state index contributed by atoms with van der Waals surface area (Å²) in [7, 11) is 1.64. The van der Waals surface area contributed by atoms with Crippen LogP contribution in [0.2, 0.25) is 0 Å².